The third-order valence-electron chi connectivity index (χ3n) is 5.27. The largest absolute Gasteiger partial charge is 0.496 e. The number of benzene rings is 2. The maximum Gasteiger partial charge on any atom is 0.256 e. The number of hydrogen-bond acceptors (Lipinski definition) is 5. The number of para-hydroxylation sites is 1. The fourth-order valence-corrected chi connectivity index (χ4v) is 3.63. The van der Waals surface area contributed by atoms with E-state index in [-0.39, 0.29) is 30.0 Å². The summed E-state index contributed by atoms with van der Waals surface area (Å²) < 4.78 is 34.2. The maximum absolute atomic E-state index is 14.0. The summed E-state index contributed by atoms with van der Waals surface area (Å²) in [6.07, 6.45) is 0.548. The molecular weight excluding hydrogens is 418 g/mol. The van der Waals surface area contributed by atoms with E-state index in [1.807, 2.05) is 13.8 Å². The van der Waals surface area contributed by atoms with Crippen molar-refractivity contribution < 1.29 is 23.4 Å². The van der Waals surface area contributed by atoms with Crippen molar-refractivity contribution in [2.24, 2.45) is 0 Å². The average Bonchev–Trinajstić information content (AvgIpc) is 3.13. The second-order valence-electron chi connectivity index (χ2n) is 8.10. The highest BCUT2D eigenvalue weighted by molar-refractivity contribution is 5.98. The van der Waals surface area contributed by atoms with Gasteiger partial charge in [-0.2, -0.15) is 5.10 Å². The maximum atomic E-state index is 14.0. The minimum atomic E-state index is -0.926. The Hall–Kier alpha value is -3.46. The van der Waals surface area contributed by atoms with Crippen LogP contribution in [0.5, 0.6) is 5.75 Å². The Morgan fingerprint density at radius 1 is 1.28 bits per heavy atom. The molecule has 1 aromatic heterocycles. The molecule has 1 heterocycles. The Bertz CT molecular complexity index is 1110. The molecule has 0 saturated carbocycles. The zero-order valence-electron chi connectivity index (χ0n) is 18.1. The van der Waals surface area contributed by atoms with Gasteiger partial charge in [-0.3, -0.25) is 4.79 Å². The van der Waals surface area contributed by atoms with Crippen molar-refractivity contribution in [3.8, 4) is 11.4 Å². The number of nitrogens with two attached hydrogens (primary N) is 1. The molecule has 9 heteroatoms. The summed E-state index contributed by atoms with van der Waals surface area (Å²) >= 11 is 0. The van der Waals surface area contributed by atoms with Gasteiger partial charge >= 0.3 is 0 Å². The Morgan fingerprint density at radius 3 is 2.69 bits per heavy atom. The van der Waals surface area contributed by atoms with Crippen LogP contribution in [0.3, 0.4) is 0 Å². The predicted molar refractivity (Wildman–Crippen MR) is 117 cm³/mol. The number of nitrogens with one attached hydrogen (secondary N) is 1. The van der Waals surface area contributed by atoms with Gasteiger partial charge in [-0.25, -0.2) is 13.5 Å². The highest BCUT2D eigenvalue weighted by atomic mass is 19.1. The Labute approximate surface area is 184 Å². The summed E-state index contributed by atoms with van der Waals surface area (Å²) in [7, 11) is 1.50. The molecule has 3 aromatic rings. The van der Waals surface area contributed by atoms with Crippen molar-refractivity contribution in [2.75, 3.05) is 19.4 Å². The summed E-state index contributed by atoms with van der Waals surface area (Å²) in [5, 5.41) is 17.1. The number of nitrogen functional groups attached to an aromatic ring is 1. The van der Waals surface area contributed by atoms with Crippen LogP contribution in [0.2, 0.25) is 0 Å². The fourth-order valence-electron chi connectivity index (χ4n) is 3.63. The number of nitrogens with zero attached hydrogens (tertiary/aromatic N) is 2. The van der Waals surface area contributed by atoms with E-state index in [4.69, 9.17) is 10.5 Å². The number of ether oxygens (including phenoxy) is 1. The normalized spacial score (nSPS) is 12.4. The molecule has 0 bridgehead atoms. The molecule has 3 rings (SSSR count). The van der Waals surface area contributed by atoms with E-state index in [0.29, 0.717) is 11.3 Å². The van der Waals surface area contributed by atoms with E-state index >= 15 is 0 Å². The molecule has 1 atom stereocenters. The van der Waals surface area contributed by atoms with Crippen molar-refractivity contribution in [1.29, 1.82) is 0 Å². The number of carbonyl (C=O) groups excluding carboxylic acids is 1. The Morgan fingerprint density at radius 2 is 2.00 bits per heavy atom. The van der Waals surface area contributed by atoms with Crippen molar-refractivity contribution >= 4 is 11.7 Å². The number of carbonyl (C=O) groups is 1. The van der Waals surface area contributed by atoms with Crippen LogP contribution >= 0.6 is 0 Å². The second kappa shape index (κ2) is 9.35. The number of anilines is 1. The number of halogens is 2. The predicted octanol–water partition coefficient (Wildman–Crippen LogP) is 3.20. The lowest BCUT2D eigenvalue weighted by atomic mass is 9.79. The summed E-state index contributed by atoms with van der Waals surface area (Å²) in [5.41, 5.74) is 6.16. The number of hydrogen-bond donors (Lipinski definition) is 3. The van der Waals surface area contributed by atoms with Crippen molar-refractivity contribution in [1.82, 2.24) is 15.1 Å². The molecule has 32 heavy (non-hydrogen) atoms. The van der Waals surface area contributed by atoms with Gasteiger partial charge in [-0.1, -0.05) is 26.0 Å². The average molecular weight is 444 g/mol. The molecule has 0 aliphatic carbocycles. The van der Waals surface area contributed by atoms with Crippen LogP contribution in [-0.4, -0.2) is 40.6 Å². The standard InChI is InChI=1S/C23H26F2N4O3/c1-23(2,17-10-14(24)8-9-20(17)32-3)11-15(30)12-27-22(31)16-13-28-29(21(16)26)19-7-5-4-6-18(19)25/h4-10,13,15,30H,11-12,26H2,1-3H3,(H,27,31). The number of aliphatic hydroxyl groups excluding tert-OH is 1. The van der Waals surface area contributed by atoms with Crippen molar-refractivity contribution in [3.05, 3.63) is 71.4 Å². The van der Waals surface area contributed by atoms with E-state index in [1.54, 1.807) is 6.07 Å². The van der Waals surface area contributed by atoms with Gasteiger partial charge in [0.1, 0.15) is 34.5 Å². The first-order valence-corrected chi connectivity index (χ1v) is 10.0. The molecule has 4 N–H and O–H groups in total. The number of aliphatic hydroxyl groups is 1. The smallest absolute Gasteiger partial charge is 0.256 e. The minimum absolute atomic E-state index is 0.0214. The molecule has 1 unspecified atom stereocenters. The quantitative estimate of drug-likeness (QED) is 0.495. The molecule has 170 valence electrons. The molecule has 0 fully saturated rings. The first kappa shape index (κ1) is 23.2. The number of methoxy groups -OCH3 is 1. The lowest BCUT2D eigenvalue weighted by molar-refractivity contribution is 0.0891. The molecule has 2 aromatic carbocycles. The topological polar surface area (TPSA) is 102 Å². The molecule has 0 aliphatic rings. The van der Waals surface area contributed by atoms with Gasteiger partial charge in [0.05, 0.1) is 19.4 Å². The van der Waals surface area contributed by atoms with Crippen molar-refractivity contribution in [2.45, 2.75) is 31.8 Å². The lowest BCUT2D eigenvalue weighted by Gasteiger charge is -2.29. The van der Waals surface area contributed by atoms with Crippen LogP contribution in [0.25, 0.3) is 5.69 Å². The van der Waals surface area contributed by atoms with Gasteiger partial charge < -0.3 is 20.9 Å². The summed E-state index contributed by atoms with van der Waals surface area (Å²) in [6.45, 7) is 3.64. The molecule has 0 aliphatic heterocycles. The molecule has 7 nitrogen and oxygen atoms in total. The van der Waals surface area contributed by atoms with Crippen LogP contribution in [0, 0.1) is 11.6 Å². The second-order valence-corrected chi connectivity index (χ2v) is 8.10. The molecule has 0 spiro atoms. The summed E-state index contributed by atoms with van der Waals surface area (Å²) in [6, 6.07) is 10.1. The van der Waals surface area contributed by atoms with E-state index in [2.05, 4.69) is 10.4 Å². The number of rotatable bonds is 8. The first-order chi connectivity index (χ1) is 15.1. The van der Waals surface area contributed by atoms with E-state index in [9.17, 15) is 18.7 Å². The van der Waals surface area contributed by atoms with Gasteiger partial charge in [0.25, 0.3) is 5.91 Å². The van der Waals surface area contributed by atoms with Gasteiger partial charge in [0.15, 0.2) is 0 Å². The zero-order valence-corrected chi connectivity index (χ0v) is 18.1. The van der Waals surface area contributed by atoms with E-state index < -0.39 is 29.1 Å². The van der Waals surface area contributed by atoms with Gasteiger partial charge in [0.2, 0.25) is 0 Å². The Balaban J connectivity index is 1.67. The molecular formula is C23H26F2N4O3. The zero-order chi connectivity index (χ0) is 23.5. The highest BCUT2D eigenvalue weighted by Crippen LogP contribution is 2.35. The monoisotopic (exact) mass is 444 g/mol. The molecule has 0 saturated heterocycles. The Kier molecular flexibility index (Phi) is 6.78. The minimum Gasteiger partial charge on any atom is -0.496 e. The molecule has 1 amide bonds. The SMILES string of the molecule is COc1ccc(F)cc1C(C)(C)CC(O)CNC(=O)c1cnn(-c2ccccc2F)c1N. The van der Waals surface area contributed by atoms with Crippen LogP contribution in [-0.2, 0) is 5.41 Å². The summed E-state index contributed by atoms with van der Waals surface area (Å²) in [4.78, 5) is 12.6. The van der Waals surface area contributed by atoms with Crippen molar-refractivity contribution in [3.63, 3.8) is 0 Å². The van der Waals surface area contributed by atoms with E-state index in [1.165, 1.54) is 49.7 Å². The van der Waals surface area contributed by atoms with E-state index in [0.717, 1.165) is 4.68 Å². The van der Waals surface area contributed by atoms with Crippen LogP contribution in [0.15, 0.2) is 48.7 Å². The van der Waals surface area contributed by atoms with Gasteiger partial charge in [0, 0.05) is 12.1 Å². The molecule has 0 radical (unpaired) electrons. The number of amides is 1. The van der Waals surface area contributed by atoms with Crippen LogP contribution in [0.1, 0.15) is 36.2 Å². The van der Waals surface area contributed by atoms with Crippen LogP contribution < -0.4 is 15.8 Å². The third kappa shape index (κ3) is 4.88. The highest BCUT2D eigenvalue weighted by Gasteiger charge is 2.28. The van der Waals surface area contributed by atoms with Crippen LogP contribution in [0.4, 0.5) is 14.6 Å². The summed E-state index contributed by atoms with van der Waals surface area (Å²) in [5.74, 6) is -0.989. The number of aromatic nitrogens is 2. The fraction of sp³-hybridized carbons (Fsp3) is 0.304. The first-order valence-electron chi connectivity index (χ1n) is 10.0. The van der Waals surface area contributed by atoms with Gasteiger partial charge in [-0.05, 0) is 42.2 Å². The van der Waals surface area contributed by atoms with Gasteiger partial charge in [-0.15, -0.1) is 0 Å². The third-order valence-corrected chi connectivity index (χ3v) is 5.27. The lowest BCUT2D eigenvalue weighted by Crippen LogP contribution is -2.36.